The first kappa shape index (κ1) is 19.7. The van der Waals surface area contributed by atoms with Crippen LogP contribution in [0.2, 0.25) is 0 Å². The number of amides is 1. The van der Waals surface area contributed by atoms with Gasteiger partial charge in [0.05, 0.1) is 17.9 Å². The van der Waals surface area contributed by atoms with Crippen LogP contribution in [0.1, 0.15) is 49.0 Å². The van der Waals surface area contributed by atoms with Crippen molar-refractivity contribution in [2.45, 2.75) is 39.2 Å². The number of benzene rings is 2. The zero-order valence-electron chi connectivity index (χ0n) is 16.1. The predicted molar refractivity (Wildman–Crippen MR) is 104 cm³/mol. The van der Waals surface area contributed by atoms with Gasteiger partial charge in [-0.25, -0.2) is 13.5 Å². The molecule has 0 spiro atoms. The first-order chi connectivity index (χ1) is 13.3. The second kappa shape index (κ2) is 8.33. The van der Waals surface area contributed by atoms with Crippen LogP contribution < -0.4 is 5.32 Å². The number of nitrogens with one attached hydrogen (secondary N) is 1. The van der Waals surface area contributed by atoms with E-state index < -0.39 is 0 Å². The van der Waals surface area contributed by atoms with Crippen LogP contribution in [0, 0.1) is 18.6 Å². The maximum absolute atomic E-state index is 13.1. The highest BCUT2D eigenvalue weighted by atomic mass is 19.1. The standard InChI is InChI=1S/C22H23F2N3O/c1-14(17-4-6-18(23)7-5-17)12-22(28)26-15(2)21-13-25-27(16(21)3)20-10-8-19(24)9-11-20/h4-11,13-15H,12H2,1-3H3,(H,26,28). The van der Waals surface area contributed by atoms with Crippen molar-refractivity contribution >= 4 is 5.91 Å². The van der Waals surface area contributed by atoms with Crippen molar-refractivity contribution in [3.63, 3.8) is 0 Å². The molecule has 0 aliphatic rings. The molecule has 1 amide bonds. The SMILES string of the molecule is Cc1c(C(C)NC(=O)CC(C)c2ccc(F)cc2)cnn1-c1ccc(F)cc1. The Morgan fingerprint density at radius 3 is 2.21 bits per heavy atom. The molecule has 28 heavy (non-hydrogen) atoms. The normalized spacial score (nSPS) is 13.2. The van der Waals surface area contributed by atoms with Gasteiger partial charge in [0, 0.05) is 17.7 Å². The number of carbonyl (C=O) groups excluding carboxylic acids is 1. The molecule has 0 fully saturated rings. The lowest BCUT2D eigenvalue weighted by Gasteiger charge is -2.17. The van der Waals surface area contributed by atoms with Crippen molar-refractivity contribution in [1.29, 1.82) is 0 Å². The molecule has 6 heteroatoms. The van der Waals surface area contributed by atoms with Crippen molar-refractivity contribution in [3.05, 3.63) is 83.2 Å². The fraction of sp³-hybridized carbons (Fsp3) is 0.273. The van der Waals surface area contributed by atoms with E-state index in [9.17, 15) is 13.6 Å². The highest BCUT2D eigenvalue weighted by Gasteiger charge is 2.18. The lowest BCUT2D eigenvalue weighted by atomic mass is 9.97. The molecule has 1 heterocycles. The van der Waals surface area contributed by atoms with Gasteiger partial charge in [0.15, 0.2) is 0 Å². The fourth-order valence-corrected chi connectivity index (χ4v) is 3.26. The van der Waals surface area contributed by atoms with Gasteiger partial charge in [-0.2, -0.15) is 5.10 Å². The van der Waals surface area contributed by atoms with Gasteiger partial charge in [-0.05, 0) is 61.7 Å². The Hall–Kier alpha value is -3.02. The Balaban J connectivity index is 1.65. The average molecular weight is 383 g/mol. The smallest absolute Gasteiger partial charge is 0.221 e. The van der Waals surface area contributed by atoms with E-state index in [-0.39, 0.29) is 29.5 Å². The second-order valence-corrected chi connectivity index (χ2v) is 7.02. The maximum atomic E-state index is 13.1. The molecule has 0 bridgehead atoms. The summed E-state index contributed by atoms with van der Waals surface area (Å²) >= 11 is 0. The molecule has 146 valence electrons. The molecular weight excluding hydrogens is 360 g/mol. The summed E-state index contributed by atoms with van der Waals surface area (Å²) in [5.41, 5.74) is 3.45. The molecule has 0 saturated heterocycles. The summed E-state index contributed by atoms with van der Waals surface area (Å²) in [5, 5.41) is 7.36. The van der Waals surface area contributed by atoms with Gasteiger partial charge in [-0.15, -0.1) is 0 Å². The van der Waals surface area contributed by atoms with E-state index in [1.807, 2.05) is 20.8 Å². The summed E-state index contributed by atoms with van der Waals surface area (Å²) in [6, 6.07) is 12.1. The van der Waals surface area contributed by atoms with Crippen molar-refractivity contribution in [2.24, 2.45) is 0 Å². The fourth-order valence-electron chi connectivity index (χ4n) is 3.26. The zero-order chi connectivity index (χ0) is 20.3. The van der Waals surface area contributed by atoms with Crippen LogP contribution in [0.25, 0.3) is 5.69 Å². The second-order valence-electron chi connectivity index (χ2n) is 7.02. The molecule has 2 aromatic carbocycles. The third-order valence-corrected chi connectivity index (χ3v) is 4.89. The first-order valence-corrected chi connectivity index (χ1v) is 9.20. The number of aromatic nitrogens is 2. The van der Waals surface area contributed by atoms with Gasteiger partial charge in [0.1, 0.15) is 11.6 Å². The molecule has 3 aromatic rings. The minimum atomic E-state index is -0.301. The monoisotopic (exact) mass is 383 g/mol. The lowest BCUT2D eigenvalue weighted by molar-refractivity contribution is -0.122. The highest BCUT2D eigenvalue weighted by molar-refractivity contribution is 5.77. The largest absolute Gasteiger partial charge is 0.349 e. The molecule has 2 unspecified atom stereocenters. The Bertz CT molecular complexity index is 949. The Morgan fingerprint density at radius 2 is 1.61 bits per heavy atom. The van der Waals surface area contributed by atoms with Gasteiger partial charge in [-0.3, -0.25) is 4.79 Å². The van der Waals surface area contributed by atoms with Gasteiger partial charge in [-0.1, -0.05) is 19.1 Å². The molecule has 0 aliphatic heterocycles. The summed E-state index contributed by atoms with van der Waals surface area (Å²) in [6.07, 6.45) is 2.02. The molecule has 0 saturated carbocycles. The summed E-state index contributed by atoms with van der Waals surface area (Å²) in [4.78, 5) is 12.4. The van der Waals surface area contributed by atoms with Crippen molar-refractivity contribution in [1.82, 2.24) is 15.1 Å². The van der Waals surface area contributed by atoms with E-state index >= 15 is 0 Å². The molecule has 3 rings (SSSR count). The number of halogens is 2. The number of hydrogen-bond acceptors (Lipinski definition) is 2. The number of nitrogens with zero attached hydrogens (tertiary/aromatic N) is 2. The zero-order valence-corrected chi connectivity index (χ0v) is 16.1. The van der Waals surface area contributed by atoms with E-state index in [1.54, 1.807) is 35.1 Å². The van der Waals surface area contributed by atoms with E-state index in [0.29, 0.717) is 6.42 Å². The first-order valence-electron chi connectivity index (χ1n) is 9.20. The van der Waals surface area contributed by atoms with Crippen LogP contribution in [0.5, 0.6) is 0 Å². The minimum absolute atomic E-state index is 0.0177. The van der Waals surface area contributed by atoms with Gasteiger partial charge < -0.3 is 5.32 Å². The summed E-state index contributed by atoms with van der Waals surface area (Å²) in [5.74, 6) is -0.693. The molecule has 4 nitrogen and oxygen atoms in total. The molecule has 0 aliphatic carbocycles. The third kappa shape index (κ3) is 4.44. The van der Waals surface area contributed by atoms with Gasteiger partial charge >= 0.3 is 0 Å². The maximum Gasteiger partial charge on any atom is 0.221 e. The quantitative estimate of drug-likeness (QED) is 0.663. The van der Waals surface area contributed by atoms with Crippen LogP contribution in [0.3, 0.4) is 0 Å². The van der Waals surface area contributed by atoms with Crippen LogP contribution in [-0.4, -0.2) is 15.7 Å². The van der Waals surface area contributed by atoms with Gasteiger partial charge in [0.2, 0.25) is 5.91 Å². The third-order valence-electron chi connectivity index (χ3n) is 4.89. The lowest BCUT2D eigenvalue weighted by Crippen LogP contribution is -2.27. The molecule has 0 radical (unpaired) electrons. The molecule has 2 atom stereocenters. The van der Waals surface area contributed by atoms with E-state index in [0.717, 1.165) is 22.5 Å². The topological polar surface area (TPSA) is 46.9 Å². The minimum Gasteiger partial charge on any atom is -0.349 e. The van der Waals surface area contributed by atoms with E-state index in [1.165, 1.54) is 24.3 Å². The van der Waals surface area contributed by atoms with Crippen molar-refractivity contribution in [2.75, 3.05) is 0 Å². The van der Waals surface area contributed by atoms with E-state index in [4.69, 9.17) is 0 Å². The number of rotatable bonds is 6. The average Bonchev–Trinajstić information content (AvgIpc) is 3.04. The number of hydrogen-bond donors (Lipinski definition) is 1. The number of carbonyl (C=O) groups is 1. The molecule has 1 aromatic heterocycles. The summed E-state index contributed by atoms with van der Waals surface area (Å²) in [6.45, 7) is 5.75. The Labute approximate surface area is 163 Å². The Kier molecular flexibility index (Phi) is 5.87. The van der Waals surface area contributed by atoms with E-state index in [2.05, 4.69) is 10.4 Å². The van der Waals surface area contributed by atoms with Crippen LogP contribution in [-0.2, 0) is 4.79 Å². The highest BCUT2D eigenvalue weighted by Crippen LogP contribution is 2.23. The van der Waals surface area contributed by atoms with Crippen LogP contribution in [0.15, 0.2) is 54.7 Å². The Morgan fingerprint density at radius 1 is 1.04 bits per heavy atom. The van der Waals surface area contributed by atoms with Crippen LogP contribution >= 0.6 is 0 Å². The summed E-state index contributed by atoms with van der Waals surface area (Å²) < 4.78 is 27.9. The molecular formula is C22H23F2N3O. The summed E-state index contributed by atoms with van der Waals surface area (Å²) in [7, 11) is 0. The van der Waals surface area contributed by atoms with Gasteiger partial charge in [0.25, 0.3) is 0 Å². The van der Waals surface area contributed by atoms with Crippen molar-refractivity contribution < 1.29 is 13.6 Å². The molecule has 1 N–H and O–H groups in total. The predicted octanol–water partition coefficient (Wildman–Crippen LogP) is 4.83. The van der Waals surface area contributed by atoms with Crippen LogP contribution in [0.4, 0.5) is 8.78 Å². The van der Waals surface area contributed by atoms with Crippen molar-refractivity contribution in [3.8, 4) is 5.69 Å².